The molecule has 1 unspecified atom stereocenters. The van der Waals surface area contributed by atoms with E-state index in [1.807, 2.05) is 0 Å². The van der Waals surface area contributed by atoms with Crippen molar-refractivity contribution in [2.24, 2.45) is 0 Å². The van der Waals surface area contributed by atoms with Gasteiger partial charge < -0.3 is 9.47 Å². The van der Waals surface area contributed by atoms with E-state index in [9.17, 15) is 19.2 Å². The molecule has 1 aliphatic rings. The van der Waals surface area contributed by atoms with Gasteiger partial charge in [-0.15, -0.1) is 0 Å². The Hall–Kier alpha value is -3.59. The first-order valence-corrected chi connectivity index (χ1v) is 13.2. The monoisotopic (exact) mass is 557 g/mol. The lowest BCUT2D eigenvalue weighted by molar-refractivity contribution is -0.161. The van der Waals surface area contributed by atoms with Gasteiger partial charge in [0.1, 0.15) is 11.6 Å². The minimum atomic E-state index is -0.878. The molecule has 9 nitrogen and oxygen atoms in total. The lowest BCUT2D eigenvalue weighted by Crippen LogP contribution is -2.59. The number of hydrogen-bond acceptors (Lipinski definition) is 6. The van der Waals surface area contributed by atoms with Gasteiger partial charge in [-0.3, -0.25) is 14.5 Å². The predicted octanol–water partition coefficient (Wildman–Crippen LogP) is 5.54. The van der Waals surface area contributed by atoms with Gasteiger partial charge >= 0.3 is 12.1 Å². The number of hydrogen-bond donors (Lipinski definition) is 0. The molecule has 3 amide bonds. The Morgan fingerprint density at radius 3 is 2.05 bits per heavy atom. The number of carbonyl (C=O) groups excluding carboxylic acids is 4. The molecule has 3 rings (SSSR count). The number of hydrazine groups is 1. The molecule has 1 heterocycles. The molecule has 0 bridgehead atoms. The topological polar surface area (TPSA) is 96.5 Å². The van der Waals surface area contributed by atoms with Gasteiger partial charge in [-0.2, -0.15) is 0 Å². The summed E-state index contributed by atoms with van der Waals surface area (Å²) in [5, 5.41) is 2.84. The fraction of sp³-hybridized carbons (Fsp3) is 0.448. The van der Waals surface area contributed by atoms with E-state index in [4.69, 9.17) is 21.1 Å². The number of benzene rings is 2. The molecule has 1 saturated heterocycles. The molecule has 2 aromatic carbocycles. The van der Waals surface area contributed by atoms with Crippen LogP contribution in [0.4, 0.5) is 4.79 Å². The molecule has 10 heteroatoms. The average molecular weight is 558 g/mol. The average Bonchev–Trinajstić information content (AvgIpc) is 3.35. The SMILES string of the molecule is CC(C)(C)OC(=O)N1CCCC1C(=O)OCN(C(=O)c1ccc(Cl)cc1)N(C(=O)c1ccccc1)C(C)(C)C. The Kier molecular flexibility index (Phi) is 9.27. The Labute approximate surface area is 234 Å². The first-order chi connectivity index (χ1) is 18.2. The van der Waals surface area contributed by atoms with E-state index in [1.165, 1.54) is 22.0 Å². The molecule has 0 radical (unpaired) electrons. The van der Waals surface area contributed by atoms with Crippen molar-refractivity contribution in [3.63, 3.8) is 0 Å². The summed E-state index contributed by atoms with van der Waals surface area (Å²) in [6.07, 6.45) is 0.397. The number of ether oxygens (including phenoxy) is 2. The molecule has 0 spiro atoms. The molecule has 0 aromatic heterocycles. The lowest BCUT2D eigenvalue weighted by Gasteiger charge is -2.43. The van der Waals surface area contributed by atoms with Crippen LogP contribution >= 0.6 is 11.6 Å². The van der Waals surface area contributed by atoms with Crippen molar-refractivity contribution in [3.8, 4) is 0 Å². The Morgan fingerprint density at radius 2 is 1.49 bits per heavy atom. The summed E-state index contributed by atoms with van der Waals surface area (Å²) < 4.78 is 11.1. The summed E-state index contributed by atoms with van der Waals surface area (Å²) in [6, 6.07) is 13.9. The molecule has 0 saturated carbocycles. The second kappa shape index (κ2) is 12.1. The van der Waals surface area contributed by atoms with Crippen LogP contribution in [-0.2, 0) is 14.3 Å². The van der Waals surface area contributed by atoms with Crippen molar-refractivity contribution in [1.82, 2.24) is 14.9 Å². The van der Waals surface area contributed by atoms with Crippen molar-refractivity contribution in [1.29, 1.82) is 0 Å². The van der Waals surface area contributed by atoms with E-state index in [0.717, 1.165) is 5.01 Å². The summed E-state index contributed by atoms with van der Waals surface area (Å²) in [7, 11) is 0. The standard InChI is InChI=1S/C29H36ClN3O6/c1-28(2,3)33(25(35)20-11-8-7-9-12-20)32(24(34)21-14-16-22(30)17-15-21)19-38-26(36)23-13-10-18-31(23)27(37)39-29(4,5)6/h7-9,11-12,14-17,23H,10,13,18-19H2,1-6H3. The van der Waals surface area contributed by atoms with Crippen LogP contribution < -0.4 is 0 Å². The van der Waals surface area contributed by atoms with Crippen molar-refractivity contribution >= 4 is 35.5 Å². The normalized spacial score (nSPS) is 15.5. The summed E-state index contributed by atoms with van der Waals surface area (Å²) in [5.74, 6) is -1.69. The summed E-state index contributed by atoms with van der Waals surface area (Å²) in [4.78, 5) is 54.7. The van der Waals surface area contributed by atoms with Gasteiger partial charge in [-0.25, -0.2) is 19.6 Å². The van der Waals surface area contributed by atoms with E-state index >= 15 is 0 Å². The molecular weight excluding hydrogens is 522 g/mol. The van der Waals surface area contributed by atoms with E-state index in [2.05, 4.69) is 0 Å². The third-order valence-corrected chi connectivity index (χ3v) is 6.15. The molecule has 0 aliphatic carbocycles. The second-order valence-electron chi connectivity index (χ2n) is 11.3. The van der Waals surface area contributed by atoms with Gasteiger partial charge in [0.2, 0.25) is 0 Å². The Morgan fingerprint density at radius 1 is 0.897 bits per heavy atom. The first kappa shape index (κ1) is 30.0. The van der Waals surface area contributed by atoms with Crippen LogP contribution in [0.15, 0.2) is 54.6 Å². The molecule has 1 atom stereocenters. The highest BCUT2D eigenvalue weighted by Crippen LogP contribution is 2.25. The highest BCUT2D eigenvalue weighted by molar-refractivity contribution is 6.30. The molecule has 1 aliphatic heterocycles. The zero-order valence-electron chi connectivity index (χ0n) is 23.3. The van der Waals surface area contributed by atoms with E-state index in [1.54, 1.807) is 84.0 Å². The van der Waals surface area contributed by atoms with E-state index in [0.29, 0.717) is 30.0 Å². The van der Waals surface area contributed by atoms with Crippen molar-refractivity contribution in [2.75, 3.05) is 13.3 Å². The van der Waals surface area contributed by atoms with Crippen LogP contribution in [-0.4, -0.2) is 69.3 Å². The lowest BCUT2D eigenvalue weighted by atomic mass is 10.1. The van der Waals surface area contributed by atoms with Gasteiger partial charge in [0.05, 0.1) is 5.54 Å². The molecule has 210 valence electrons. The predicted molar refractivity (Wildman–Crippen MR) is 147 cm³/mol. The van der Waals surface area contributed by atoms with E-state index < -0.39 is 47.8 Å². The maximum absolute atomic E-state index is 13.8. The number of amides is 3. The first-order valence-electron chi connectivity index (χ1n) is 12.8. The fourth-order valence-electron chi connectivity index (χ4n) is 4.20. The minimum absolute atomic E-state index is 0.252. The van der Waals surface area contributed by atoms with Gasteiger partial charge in [0.25, 0.3) is 11.8 Å². The van der Waals surface area contributed by atoms with Crippen LogP contribution in [0.1, 0.15) is 75.1 Å². The van der Waals surface area contributed by atoms with Gasteiger partial charge in [-0.05, 0) is 90.8 Å². The van der Waals surface area contributed by atoms with Crippen LogP contribution in [0.25, 0.3) is 0 Å². The maximum atomic E-state index is 13.8. The summed E-state index contributed by atoms with van der Waals surface area (Å²) >= 11 is 6.01. The highest BCUT2D eigenvalue weighted by Gasteiger charge is 2.40. The van der Waals surface area contributed by atoms with Crippen LogP contribution in [0.2, 0.25) is 5.02 Å². The molecule has 39 heavy (non-hydrogen) atoms. The van der Waals surface area contributed by atoms with Gasteiger partial charge in [0, 0.05) is 22.7 Å². The number of likely N-dealkylation sites (tertiary alicyclic amines) is 1. The third kappa shape index (κ3) is 7.72. The Bertz CT molecular complexity index is 1190. The highest BCUT2D eigenvalue weighted by atomic mass is 35.5. The summed E-state index contributed by atoms with van der Waals surface area (Å²) in [6.45, 7) is 10.4. The zero-order chi connectivity index (χ0) is 29.0. The minimum Gasteiger partial charge on any atom is -0.444 e. The van der Waals surface area contributed by atoms with Crippen molar-refractivity contribution in [2.45, 2.75) is 71.6 Å². The van der Waals surface area contributed by atoms with Crippen molar-refractivity contribution in [3.05, 3.63) is 70.7 Å². The molecular formula is C29H36ClN3O6. The third-order valence-electron chi connectivity index (χ3n) is 5.90. The van der Waals surface area contributed by atoms with E-state index in [-0.39, 0.29) is 5.56 Å². The molecule has 2 aromatic rings. The zero-order valence-corrected chi connectivity index (χ0v) is 24.0. The Balaban J connectivity index is 1.91. The van der Waals surface area contributed by atoms with Crippen LogP contribution in [0.5, 0.6) is 0 Å². The number of esters is 1. The van der Waals surface area contributed by atoms with Gasteiger partial charge in [0.15, 0.2) is 6.73 Å². The largest absolute Gasteiger partial charge is 0.444 e. The second-order valence-corrected chi connectivity index (χ2v) is 11.7. The van der Waals surface area contributed by atoms with Gasteiger partial charge in [-0.1, -0.05) is 29.8 Å². The van der Waals surface area contributed by atoms with Crippen molar-refractivity contribution < 1.29 is 28.7 Å². The molecule has 0 N–H and O–H groups in total. The number of nitrogens with zero attached hydrogens (tertiary/aromatic N) is 3. The fourth-order valence-corrected chi connectivity index (χ4v) is 4.33. The maximum Gasteiger partial charge on any atom is 0.411 e. The number of carbonyl (C=O) groups is 4. The quantitative estimate of drug-likeness (QED) is 0.272. The number of halogens is 1. The van der Waals surface area contributed by atoms with Crippen LogP contribution in [0, 0.1) is 0 Å². The van der Waals surface area contributed by atoms with Crippen LogP contribution in [0.3, 0.4) is 0 Å². The molecule has 1 fully saturated rings. The number of rotatable bonds is 5. The smallest absolute Gasteiger partial charge is 0.411 e. The summed E-state index contributed by atoms with van der Waals surface area (Å²) in [5.41, 5.74) is -0.987.